The van der Waals surface area contributed by atoms with Crippen LogP contribution in [0.4, 0.5) is 0 Å². The van der Waals surface area contributed by atoms with Crippen LogP contribution in [0.25, 0.3) is 0 Å². The maximum Gasteiger partial charge on any atom is 0.0998 e. The van der Waals surface area contributed by atoms with Gasteiger partial charge in [-0.25, -0.2) is 0 Å². The molecule has 0 nitrogen and oxygen atoms in total. The van der Waals surface area contributed by atoms with Gasteiger partial charge in [-0.05, 0) is 5.41 Å². The van der Waals surface area contributed by atoms with Crippen LogP contribution >= 0.6 is 0 Å². The van der Waals surface area contributed by atoms with Crippen molar-refractivity contribution in [1.29, 1.82) is 0 Å². The number of hydrogen-bond donors (Lipinski definition) is 0. The predicted molar refractivity (Wildman–Crippen MR) is 54.1 cm³/mol. The zero-order valence-corrected chi connectivity index (χ0v) is 8.41. The predicted octanol–water partition coefficient (Wildman–Crippen LogP) is 1.22. The van der Waals surface area contributed by atoms with Crippen LogP contribution in [0.2, 0.25) is 5.21 Å². The maximum absolute atomic E-state index is 2.36. The lowest BCUT2D eigenvalue weighted by Gasteiger charge is -2.39. The minimum absolute atomic E-state index is 0.447. The highest BCUT2D eigenvalue weighted by Gasteiger charge is 2.30. The van der Waals surface area contributed by atoms with E-state index < -0.39 is 0 Å². The van der Waals surface area contributed by atoms with E-state index >= 15 is 0 Å². The Balaban J connectivity index is 4.10. The van der Waals surface area contributed by atoms with Gasteiger partial charge in [-0.3, -0.25) is 0 Å². The van der Waals surface area contributed by atoms with Crippen molar-refractivity contribution < 1.29 is 0 Å². The van der Waals surface area contributed by atoms with Gasteiger partial charge in [0.05, 0.1) is 15.7 Å². The van der Waals surface area contributed by atoms with Gasteiger partial charge in [0.25, 0.3) is 0 Å². The van der Waals surface area contributed by atoms with E-state index in [9.17, 15) is 0 Å². The molecule has 0 aliphatic carbocycles. The van der Waals surface area contributed by atoms with Crippen molar-refractivity contribution in [1.82, 2.24) is 0 Å². The Hall–Kier alpha value is 0.130. The molecule has 0 amide bonds. The molecule has 0 aromatic heterocycles. The van der Waals surface area contributed by atoms with Crippen LogP contribution in [0.5, 0.6) is 0 Å². The summed E-state index contributed by atoms with van der Waals surface area (Å²) in [5.74, 6) is 0. The molecule has 0 aromatic rings. The first-order chi connectivity index (χ1) is 4.31. The van der Waals surface area contributed by atoms with E-state index in [1.54, 1.807) is 0 Å². The van der Waals surface area contributed by atoms with Crippen molar-refractivity contribution in [2.45, 2.75) is 45.8 Å². The quantitative estimate of drug-likeness (QED) is 0.503. The van der Waals surface area contributed by atoms with Crippen molar-refractivity contribution in [3.63, 3.8) is 0 Å². The fourth-order valence-corrected chi connectivity index (χ4v) is 1.000. The third kappa shape index (κ3) is 2.40. The van der Waals surface area contributed by atoms with Crippen LogP contribution in [0.1, 0.15) is 40.5 Å². The van der Waals surface area contributed by atoms with Gasteiger partial charge in [0.1, 0.15) is 0 Å². The molecule has 2 heteroatoms. The normalized spacial score (nSPS) is 13.6. The van der Waals surface area contributed by atoms with Crippen LogP contribution in [0, 0.1) is 5.41 Å². The third-order valence-electron chi connectivity index (χ3n) is 2.91. The molecule has 58 valence electrons. The highest BCUT2D eigenvalue weighted by atomic mass is 14.3. The smallest absolute Gasteiger partial charge is 0.0799 e. The average Bonchev–Trinajstić information content (AvgIpc) is 1.61. The highest BCUT2D eigenvalue weighted by Crippen LogP contribution is 2.42. The molecule has 0 rings (SSSR count). The van der Waals surface area contributed by atoms with Gasteiger partial charge in [0.15, 0.2) is 0 Å². The van der Waals surface area contributed by atoms with Crippen LogP contribution in [-0.4, -0.2) is 15.7 Å². The molecule has 0 heterocycles. The molecule has 0 radical (unpaired) electrons. The summed E-state index contributed by atoms with van der Waals surface area (Å²) in [6.07, 6.45) is 2.63. The molecule has 0 aliphatic rings. The van der Waals surface area contributed by atoms with Crippen molar-refractivity contribution in [3.8, 4) is 0 Å². The largest absolute Gasteiger partial charge is 0.0998 e. The Kier molecular flexibility index (Phi) is 3.06. The second-order valence-corrected chi connectivity index (χ2v) is 4.88. The van der Waals surface area contributed by atoms with Gasteiger partial charge in [0.2, 0.25) is 0 Å². The summed E-state index contributed by atoms with van der Waals surface area (Å²) in [6.45, 7) is 9.22. The van der Waals surface area contributed by atoms with E-state index in [0.717, 1.165) is 0 Å². The third-order valence-corrected chi connectivity index (χ3v) is 2.91. The molecule has 0 N–H and O–H groups in total. The van der Waals surface area contributed by atoms with Gasteiger partial charge in [-0.15, -0.1) is 0 Å². The molecule has 0 unspecified atom stereocenters. The summed E-state index contributed by atoms with van der Waals surface area (Å²) in [5, 5.41) is 0.488. The molecule has 0 aliphatic heterocycles. The van der Waals surface area contributed by atoms with Crippen molar-refractivity contribution >= 4 is 15.7 Å². The fraction of sp³-hybridized carbons (Fsp3) is 1.00. The second-order valence-electron chi connectivity index (χ2n) is 4.88. The average molecular weight is 138 g/mol. The molecular formula is C8H20B2. The first-order valence-corrected chi connectivity index (χ1v) is 4.31. The SMILES string of the molecule is BC(B)(CCC)C(C)(C)C. The molecule has 0 saturated carbocycles. The van der Waals surface area contributed by atoms with E-state index in [1.165, 1.54) is 12.8 Å². The summed E-state index contributed by atoms with van der Waals surface area (Å²) in [5.41, 5.74) is 0.447. The van der Waals surface area contributed by atoms with Crippen LogP contribution in [-0.2, 0) is 0 Å². The summed E-state index contributed by atoms with van der Waals surface area (Å²) >= 11 is 0. The van der Waals surface area contributed by atoms with E-state index in [2.05, 4.69) is 43.4 Å². The summed E-state index contributed by atoms with van der Waals surface area (Å²) in [7, 11) is 4.72. The minimum Gasteiger partial charge on any atom is -0.0799 e. The summed E-state index contributed by atoms with van der Waals surface area (Å²) in [4.78, 5) is 0. The molecule has 0 atom stereocenters. The van der Waals surface area contributed by atoms with Gasteiger partial charge >= 0.3 is 0 Å². The van der Waals surface area contributed by atoms with E-state index in [4.69, 9.17) is 0 Å². The van der Waals surface area contributed by atoms with Gasteiger partial charge in [-0.1, -0.05) is 45.8 Å². The molecule has 0 saturated heterocycles. The summed E-state index contributed by atoms with van der Waals surface area (Å²) < 4.78 is 0. The second kappa shape index (κ2) is 3.02. The Morgan fingerprint density at radius 3 is 1.60 bits per heavy atom. The standard InChI is InChI=1S/C8H20B2/c1-5-6-8(9,10)7(2,3)4/h5-6,9-10H2,1-4H3. The highest BCUT2D eigenvalue weighted by molar-refractivity contribution is 6.40. The maximum atomic E-state index is 2.36. The van der Waals surface area contributed by atoms with Crippen molar-refractivity contribution in [3.05, 3.63) is 0 Å². The van der Waals surface area contributed by atoms with Crippen molar-refractivity contribution in [2.24, 2.45) is 5.41 Å². The first kappa shape index (κ1) is 10.1. The topological polar surface area (TPSA) is 0 Å². The molecular weight excluding hydrogens is 118 g/mol. The van der Waals surface area contributed by atoms with Crippen LogP contribution in [0.3, 0.4) is 0 Å². The lowest BCUT2D eigenvalue weighted by molar-refractivity contribution is 0.327. The van der Waals surface area contributed by atoms with Gasteiger partial charge < -0.3 is 0 Å². The molecule has 0 spiro atoms. The zero-order valence-electron chi connectivity index (χ0n) is 8.41. The molecule has 0 aromatic carbocycles. The first-order valence-electron chi connectivity index (χ1n) is 4.31. The Bertz CT molecular complexity index is 100. The molecule has 0 bridgehead atoms. The lowest BCUT2D eigenvalue weighted by atomic mass is 9.42. The minimum atomic E-state index is 0.447. The lowest BCUT2D eigenvalue weighted by Crippen LogP contribution is -2.29. The zero-order chi connectivity index (χ0) is 8.41. The van der Waals surface area contributed by atoms with Gasteiger partial charge in [0, 0.05) is 0 Å². The van der Waals surface area contributed by atoms with Crippen molar-refractivity contribution in [2.75, 3.05) is 0 Å². The number of rotatable bonds is 2. The van der Waals surface area contributed by atoms with Crippen LogP contribution < -0.4 is 0 Å². The Labute approximate surface area is 67.6 Å². The Morgan fingerprint density at radius 1 is 1.10 bits per heavy atom. The summed E-state index contributed by atoms with van der Waals surface area (Å²) in [6, 6.07) is 0. The molecule has 10 heavy (non-hydrogen) atoms. The fourth-order valence-electron chi connectivity index (χ4n) is 1.000. The number of hydrogen-bond acceptors (Lipinski definition) is 0. The van der Waals surface area contributed by atoms with Gasteiger partial charge in [-0.2, -0.15) is 0 Å². The van der Waals surface area contributed by atoms with E-state index in [1.807, 2.05) is 0 Å². The molecule has 0 fully saturated rings. The van der Waals surface area contributed by atoms with E-state index in [-0.39, 0.29) is 0 Å². The van der Waals surface area contributed by atoms with Crippen LogP contribution in [0.15, 0.2) is 0 Å². The van der Waals surface area contributed by atoms with E-state index in [0.29, 0.717) is 10.6 Å². The monoisotopic (exact) mass is 138 g/mol. The Morgan fingerprint density at radius 2 is 1.50 bits per heavy atom.